The molecular formula is C46H63ClN6O7. The van der Waals surface area contributed by atoms with Crippen LogP contribution in [-0.4, -0.2) is 102 Å². The summed E-state index contributed by atoms with van der Waals surface area (Å²) in [5.74, 6) is 1.37. The van der Waals surface area contributed by atoms with Crippen molar-refractivity contribution in [3.63, 3.8) is 0 Å². The number of amides is 1. The first-order chi connectivity index (χ1) is 28.6. The second-order valence-electron chi connectivity index (χ2n) is 16.0. The van der Waals surface area contributed by atoms with Crippen molar-refractivity contribution in [2.24, 2.45) is 16.2 Å². The van der Waals surface area contributed by atoms with Crippen LogP contribution in [-0.2, 0) is 4.79 Å². The summed E-state index contributed by atoms with van der Waals surface area (Å²) >= 11 is 6.39. The average Bonchev–Trinajstić information content (AvgIpc) is 3.62. The zero-order valence-corrected chi connectivity index (χ0v) is 37.1. The highest BCUT2D eigenvalue weighted by atomic mass is 35.5. The zero-order valence-electron chi connectivity index (χ0n) is 36.4. The number of furan rings is 1. The van der Waals surface area contributed by atoms with Crippen LogP contribution in [0.15, 0.2) is 81.5 Å². The number of rotatable bonds is 25. The van der Waals surface area contributed by atoms with Gasteiger partial charge < -0.3 is 45.2 Å². The first-order valence-corrected chi connectivity index (χ1v) is 21.1. The van der Waals surface area contributed by atoms with Crippen molar-refractivity contribution in [1.82, 2.24) is 20.9 Å². The Morgan fingerprint density at radius 3 is 1.92 bits per heavy atom. The van der Waals surface area contributed by atoms with E-state index in [0.717, 1.165) is 50.2 Å². The predicted molar refractivity (Wildman–Crippen MR) is 240 cm³/mol. The molecule has 14 heteroatoms. The first-order valence-electron chi connectivity index (χ1n) is 20.7. The third kappa shape index (κ3) is 13.5. The Morgan fingerprint density at radius 2 is 1.35 bits per heavy atom. The number of likely N-dealkylation sites (N-methyl/N-ethyl adjacent to an activating group) is 1. The van der Waals surface area contributed by atoms with Gasteiger partial charge in [0.15, 0.2) is 12.4 Å². The second-order valence-corrected chi connectivity index (χ2v) is 16.5. The van der Waals surface area contributed by atoms with E-state index in [1.807, 2.05) is 52.0 Å². The fourth-order valence-electron chi connectivity index (χ4n) is 6.61. The lowest BCUT2D eigenvalue weighted by Crippen LogP contribution is -2.47. The molecule has 1 aromatic heterocycles. The van der Waals surface area contributed by atoms with E-state index in [1.54, 1.807) is 56.3 Å². The van der Waals surface area contributed by atoms with Crippen LogP contribution >= 0.6 is 11.6 Å². The predicted octanol–water partition coefficient (Wildman–Crippen LogP) is 8.42. The highest BCUT2D eigenvalue weighted by molar-refractivity contribution is 6.32. The van der Waals surface area contributed by atoms with Crippen LogP contribution in [0.1, 0.15) is 90.6 Å². The molecule has 60 heavy (non-hydrogen) atoms. The number of benzene rings is 3. The quantitative estimate of drug-likeness (QED) is 0.0189. The molecule has 1 heterocycles. The number of ether oxygens (including phenoxy) is 2. The molecule has 13 nitrogen and oxygen atoms in total. The van der Waals surface area contributed by atoms with Gasteiger partial charge in [-0.3, -0.25) is 9.59 Å². The Morgan fingerprint density at radius 1 is 0.800 bits per heavy atom. The number of fused-ring (bicyclic) bond motifs is 1. The SMILES string of the molecule is CCN(CC)CCOc1ccc(-c2oc3ccc(Cl)cc3c2C(=O)c2ccc(OCC(=O)NCCC(CCNC(C)(C)/C(C)=N/O)CCNC(C)(C)/C(C)=N/O)cc2)cc1. The maximum Gasteiger partial charge on any atom is 0.257 e. The average molecular weight is 847 g/mol. The lowest BCUT2D eigenvalue weighted by molar-refractivity contribution is -0.123. The molecule has 0 spiro atoms. The number of hydrogen-bond donors (Lipinski definition) is 5. The molecule has 0 saturated carbocycles. The van der Waals surface area contributed by atoms with Gasteiger partial charge >= 0.3 is 0 Å². The largest absolute Gasteiger partial charge is 0.492 e. The molecule has 0 aliphatic heterocycles. The van der Waals surface area contributed by atoms with Crippen LogP contribution in [0, 0.1) is 5.92 Å². The van der Waals surface area contributed by atoms with Crippen LogP contribution in [0.25, 0.3) is 22.3 Å². The third-order valence-electron chi connectivity index (χ3n) is 11.3. The molecule has 0 bridgehead atoms. The minimum Gasteiger partial charge on any atom is -0.492 e. The molecule has 0 fully saturated rings. The molecule has 0 unspecified atom stereocenters. The van der Waals surface area contributed by atoms with E-state index < -0.39 is 11.1 Å². The van der Waals surface area contributed by atoms with Crippen LogP contribution < -0.4 is 25.4 Å². The van der Waals surface area contributed by atoms with Crippen molar-refractivity contribution in [2.75, 3.05) is 52.5 Å². The van der Waals surface area contributed by atoms with Crippen molar-refractivity contribution in [3.05, 3.63) is 82.9 Å². The summed E-state index contributed by atoms with van der Waals surface area (Å²) in [5, 5.41) is 36.2. The van der Waals surface area contributed by atoms with E-state index in [0.29, 0.717) is 76.3 Å². The molecule has 0 radical (unpaired) electrons. The van der Waals surface area contributed by atoms with Gasteiger partial charge in [-0.05, 0) is 160 Å². The zero-order chi connectivity index (χ0) is 43.9. The lowest BCUT2D eigenvalue weighted by atomic mass is 9.94. The molecule has 5 N–H and O–H groups in total. The van der Waals surface area contributed by atoms with E-state index in [9.17, 15) is 20.0 Å². The third-order valence-corrected chi connectivity index (χ3v) is 11.5. The van der Waals surface area contributed by atoms with Crippen LogP contribution in [0.5, 0.6) is 11.5 Å². The highest BCUT2D eigenvalue weighted by Crippen LogP contribution is 2.37. The fourth-order valence-corrected chi connectivity index (χ4v) is 6.78. The van der Waals surface area contributed by atoms with Crippen LogP contribution in [0.2, 0.25) is 5.02 Å². The van der Waals surface area contributed by atoms with Gasteiger partial charge in [0.05, 0.1) is 28.1 Å². The number of oxime groups is 2. The molecule has 0 aliphatic carbocycles. The standard InChI is InChI=1S/C46H63ClN6O7/c1-9-53(10-2)27-28-58-37-18-13-35(14-19-37)44-42(39-29-36(47)15-20-40(39)60-44)43(55)34-11-16-38(17-12-34)59-30-41(54)48-24-21-33(22-25-49-45(5,6)31(3)51-56)23-26-50-46(7,8)32(4)52-57/h11-20,29,33,49-50,56-57H,9-10,21-28,30H2,1-8H3,(H,48,54)/b51-31+,52-32+. The number of carbonyl (C=O) groups excluding carboxylic acids is 2. The summed E-state index contributed by atoms with van der Waals surface area (Å²) < 4.78 is 18.0. The van der Waals surface area contributed by atoms with Gasteiger partial charge in [-0.2, -0.15) is 0 Å². The Balaban J connectivity index is 1.36. The Hall–Kier alpha value is -4.95. The summed E-state index contributed by atoms with van der Waals surface area (Å²) in [6, 6.07) is 19.4. The maximum absolute atomic E-state index is 14.1. The van der Waals surface area contributed by atoms with Gasteiger partial charge in [-0.25, -0.2) is 0 Å². The summed E-state index contributed by atoms with van der Waals surface area (Å²) in [7, 11) is 0. The van der Waals surface area contributed by atoms with E-state index in [1.165, 1.54) is 0 Å². The van der Waals surface area contributed by atoms with Crippen LogP contribution in [0.3, 0.4) is 0 Å². The number of nitrogens with one attached hydrogen (secondary N) is 3. The number of halogens is 1. The van der Waals surface area contributed by atoms with Crippen molar-refractivity contribution in [1.29, 1.82) is 0 Å². The Kier molecular flexibility index (Phi) is 18.0. The Labute approximate surface area is 359 Å². The summed E-state index contributed by atoms with van der Waals surface area (Å²) in [5.41, 5.74) is 2.33. The number of hydrogen-bond acceptors (Lipinski definition) is 12. The molecule has 4 aromatic rings. The molecule has 1 amide bonds. The molecule has 4 rings (SSSR count). The molecular weight excluding hydrogens is 784 g/mol. The van der Waals surface area contributed by atoms with Gasteiger partial charge in [-0.15, -0.1) is 0 Å². The number of nitrogens with zero attached hydrogens (tertiary/aromatic N) is 3. The van der Waals surface area contributed by atoms with Gasteiger partial charge in [0.2, 0.25) is 0 Å². The van der Waals surface area contributed by atoms with E-state index in [-0.39, 0.29) is 24.2 Å². The molecule has 0 atom stereocenters. The first kappa shape index (κ1) is 47.7. The fraction of sp³-hybridized carbons (Fsp3) is 0.478. The lowest BCUT2D eigenvalue weighted by Gasteiger charge is -2.28. The minimum atomic E-state index is -0.468. The monoisotopic (exact) mass is 846 g/mol. The summed E-state index contributed by atoms with van der Waals surface area (Å²) in [4.78, 5) is 29.3. The molecule has 326 valence electrons. The van der Waals surface area contributed by atoms with E-state index in [4.69, 9.17) is 25.5 Å². The number of carbonyl (C=O) groups is 2. The molecule has 0 aliphatic rings. The normalized spacial score (nSPS) is 12.7. The topological polar surface area (TPSA) is 170 Å². The van der Waals surface area contributed by atoms with Crippen molar-refractivity contribution in [2.45, 2.75) is 85.7 Å². The van der Waals surface area contributed by atoms with Crippen molar-refractivity contribution < 1.29 is 33.9 Å². The molecule has 0 saturated heterocycles. The van der Waals surface area contributed by atoms with Crippen molar-refractivity contribution >= 4 is 45.7 Å². The Bertz CT molecular complexity index is 2020. The smallest absolute Gasteiger partial charge is 0.257 e. The highest BCUT2D eigenvalue weighted by Gasteiger charge is 2.26. The van der Waals surface area contributed by atoms with E-state index >= 15 is 0 Å². The molecule has 3 aromatic carbocycles. The van der Waals surface area contributed by atoms with Gasteiger partial charge in [0, 0.05) is 34.6 Å². The van der Waals surface area contributed by atoms with Gasteiger partial charge in [0.25, 0.3) is 5.91 Å². The summed E-state index contributed by atoms with van der Waals surface area (Å²) in [6.07, 6.45) is 2.39. The van der Waals surface area contributed by atoms with Crippen LogP contribution in [0.4, 0.5) is 0 Å². The number of ketones is 1. The minimum absolute atomic E-state index is 0.187. The maximum atomic E-state index is 14.1. The van der Waals surface area contributed by atoms with Gasteiger partial charge in [0.1, 0.15) is 29.4 Å². The second kappa shape index (κ2) is 22.6. The van der Waals surface area contributed by atoms with Gasteiger partial charge in [-0.1, -0.05) is 35.8 Å². The summed E-state index contributed by atoms with van der Waals surface area (Å²) in [6.45, 7) is 20.6. The van der Waals surface area contributed by atoms with E-state index in [2.05, 4.69) is 45.0 Å². The van der Waals surface area contributed by atoms with Crippen molar-refractivity contribution in [3.8, 4) is 22.8 Å².